The summed E-state index contributed by atoms with van der Waals surface area (Å²) in [5, 5.41) is 13.6. The van der Waals surface area contributed by atoms with Gasteiger partial charge in [0.05, 0.1) is 17.3 Å². The number of rotatable bonds is 5. The Morgan fingerprint density at radius 2 is 1.88 bits per heavy atom. The lowest BCUT2D eigenvalue weighted by Crippen LogP contribution is -2.51. The summed E-state index contributed by atoms with van der Waals surface area (Å²) in [5.74, 6) is -2.41. The standard InChI is InChI=1S/C18H24N4O4/c1-12-15(13(2)22(4)20-12)16(24)17(25)26-10-14(23)21(3)18(11-19)8-6-5-7-9-18/h5-10H2,1-4H3. The molecule has 2 rings (SSSR count). The van der Waals surface area contributed by atoms with Crippen LogP contribution in [0.4, 0.5) is 0 Å². The molecule has 26 heavy (non-hydrogen) atoms. The van der Waals surface area contributed by atoms with Crippen LogP contribution in [0.1, 0.15) is 53.8 Å². The third-order valence-corrected chi connectivity index (χ3v) is 5.15. The zero-order valence-corrected chi connectivity index (χ0v) is 15.7. The monoisotopic (exact) mass is 360 g/mol. The maximum absolute atomic E-state index is 12.4. The summed E-state index contributed by atoms with van der Waals surface area (Å²) in [6.45, 7) is 2.74. The van der Waals surface area contributed by atoms with Crippen LogP contribution < -0.4 is 0 Å². The second kappa shape index (κ2) is 7.68. The first-order chi connectivity index (χ1) is 12.2. The van der Waals surface area contributed by atoms with Crippen molar-refractivity contribution >= 4 is 17.7 Å². The number of aryl methyl sites for hydroxylation is 2. The van der Waals surface area contributed by atoms with Gasteiger partial charge in [0.25, 0.3) is 11.7 Å². The Balaban J connectivity index is 2.01. The normalized spacial score (nSPS) is 15.8. The van der Waals surface area contributed by atoms with Crippen LogP contribution in [0.15, 0.2) is 0 Å². The number of ketones is 1. The zero-order valence-electron chi connectivity index (χ0n) is 15.7. The molecule has 1 saturated carbocycles. The minimum absolute atomic E-state index is 0.194. The van der Waals surface area contributed by atoms with Gasteiger partial charge in [0.2, 0.25) is 0 Å². The smallest absolute Gasteiger partial charge is 0.380 e. The molecule has 1 aliphatic rings. The molecule has 0 aromatic carbocycles. The van der Waals surface area contributed by atoms with Gasteiger partial charge in [-0.2, -0.15) is 10.4 Å². The van der Waals surface area contributed by atoms with Gasteiger partial charge >= 0.3 is 5.97 Å². The van der Waals surface area contributed by atoms with Crippen molar-refractivity contribution < 1.29 is 19.1 Å². The SMILES string of the molecule is Cc1nn(C)c(C)c1C(=O)C(=O)OCC(=O)N(C)C1(C#N)CCCCC1. The number of likely N-dealkylation sites (N-methyl/N-ethyl adjacent to an activating group) is 1. The van der Waals surface area contributed by atoms with Crippen molar-refractivity contribution in [1.82, 2.24) is 14.7 Å². The van der Waals surface area contributed by atoms with Crippen molar-refractivity contribution in [3.05, 3.63) is 17.0 Å². The lowest BCUT2D eigenvalue weighted by atomic mass is 9.81. The van der Waals surface area contributed by atoms with Crippen molar-refractivity contribution in [3.63, 3.8) is 0 Å². The summed E-state index contributed by atoms with van der Waals surface area (Å²) in [7, 11) is 3.22. The molecule has 0 saturated heterocycles. The fraction of sp³-hybridized carbons (Fsp3) is 0.611. The van der Waals surface area contributed by atoms with Crippen LogP contribution in [0.25, 0.3) is 0 Å². The molecule has 1 amide bonds. The molecule has 1 aromatic heterocycles. The predicted octanol–water partition coefficient (Wildman–Crippen LogP) is 1.45. The minimum Gasteiger partial charge on any atom is -0.450 e. The third kappa shape index (κ3) is 3.62. The van der Waals surface area contributed by atoms with Crippen molar-refractivity contribution in [2.45, 2.75) is 51.5 Å². The average Bonchev–Trinajstić information content (AvgIpc) is 2.90. The number of esters is 1. The van der Waals surface area contributed by atoms with Gasteiger partial charge in [-0.05, 0) is 26.7 Å². The molecule has 8 nitrogen and oxygen atoms in total. The van der Waals surface area contributed by atoms with Gasteiger partial charge < -0.3 is 9.64 Å². The van der Waals surface area contributed by atoms with E-state index in [4.69, 9.17) is 4.74 Å². The van der Waals surface area contributed by atoms with Crippen LogP contribution in [-0.4, -0.2) is 51.5 Å². The number of carbonyl (C=O) groups excluding carboxylic acids is 3. The number of nitrogens with zero attached hydrogens (tertiary/aromatic N) is 4. The maximum Gasteiger partial charge on any atom is 0.380 e. The van der Waals surface area contributed by atoms with E-state index in [1.54, 1.807) is 27.9 Å². The predicted molar refractivity (Wildman–Crippen MR) is 92.2 cm³/mol. The third-order valence-electron chi connectivity index (χ3n) is 5.15. The number of aromatic nitrogens is 2. The van der Waals surface area contributed by atoms with Crippen LogP contribution in [0.5, 0.6) is 0 Å². The Bertz CT molecular complexity index is 769. The van der Waals surface area contributed by atoms with Gasteiger partial charge in [-0.1, -0.05) is 19.3 Å². The van der Waals surface area contributed by atoms with Crippen molar-refractivity contribution in [3.8, 4) is 6.07 Å². The molecule has 1 aromatic rings. The number of hydrogen-bond acceptors (Lipinski definition) is 6. The highest BCUT2D eigenvalue weighted by molar-refractivity contribution is 6.41. The van der Waals surface area contributed by atoms with Gasteiger partial charge in [-0.25, -0.2) is 4.79 Å². The molecule has 0 unspecified atom stereocenters. The molecule has 1 aliphatic carbocycles. The summed E-state index contributed by atoms with van der Waals surface area (Å²) in [4.78, 5) is 38.1. The molecule has 8 heteroatoms. The first-order valence-corrected chi connectivity index (χ1v) is 8.63. The quantitative estimate of drug-likeness (QED) is 0.447. The summed E-state index contributed by atoms with van der Waals surface area (Å²) >= 11 is 0. The number of Topliss-reactive ketones (excluding diaryl/α,β-unsaturated/α-hetero) is 1. The van der Waals surface area contributed by atoms with E-state index in [2.05, 4.69) is 11.2 Å². The minimum atomic E-state index is -1.10. The molecule has 0 aliphatic heterocycles. The molecule has 1 fully saturated rings. The molecule has 140 valence electrons. The number of amides is 1. The van der Waals surface area contributed by atoms with Crippen molar-refractivity contribution in [2.75, 3.05) is 13.7 Å². The summed E-state index contributed by atoms with van der Waals surface area (Å²) in [6, 6.07) is 2.24. The number of ether oxygens (including phenoxy) is 1. The first kappa shape index (κ1) is 19.6. The Kier molecular flexibility index (Phi) is 5.80. The van der Waals surface area contributed by atoms with E-state index in [-0.39, 0.29) is 5.56 Å². The van der Waals surface area contributed by atoms with Crippen LogP contribution in [0, 0.1) is 25.2 Å². The van der Waals surface area contributed by atoms with Gasteiger partial charge in [-0.15, -0.1) is 0 Å². The highest BCUT2D eigenvalue weighted by Gasteiger charge is 2.39. The number of hydrogen-bond donors (Lipinski definition) is 0. The number of nitriles is 1. The Morgan fingerprint density at radius 1 is 1.27 bits per heavy atom. The van der Waals surface area contributed by atoms with Gasteiger partial charge in [0, 0.05) is 19.8 Å². The molecule has 0 radical (unpaired) electrons. The van der Waals surface area contributed by atoms with E-state index >= 15 is 0 Å². The Hall–Kier alpha value is -2.69. The largest absolute Gasteiger partial charge is 0.450 e. The van der Waals surface area contributed by atoms with E-state index in [0.29, 0.717) is 24.2 Å². The highest BCUT2D eigenvalue weighted by Crippen LogP contribution is 2.32. The lowest BCUT2D eigenvalue weighted by Gasteiger charge is -2.38. The number of carbonyl (C=O) groups is 3. The Labute approximate surface area is 152 Å². The van der Waals surface area contributed by atoms with Crippen molar-refractivity contribution in [2.24, 2.45) is 7.05 Å². The average molecular weight is 360 g/mol. The van der Waals surface area contributed by atoms with E-state index in [1.165, 1.54) is 9.58 Å². The molecule has 0 bridgehead atoms. The fourth-order valence-electron chi connectivity index (χ4n) is 3.39. The van der Waals surface area contributed by atoms with E-state index in [9.17, 15) is 19.6 Å². The van der Waals surface area contributed by atoms with Gasteiger partial charge in [0.15, 0.2) is 6.61 Å². The molecule has 0 N–H and O–H groups in total. The topological polar surface area (TPSA) is 105 Å². The Morgan fingerprint density at radius 3 is 2.38 bits per heavy atom. The molecule has 1 heterocycles. The van der Waals surface area contributed by atoms with Crippen LogP contribution in [-0.2, 0) is 21.4 Å². The summed E-state index contributed by atoms with van der Waals surface area (Å²) < 4.78 is 6.42. The summed E-state index contributed by atoms with van der Waals surface area (Å²) in [6.07, 6.45) is 4.00. The maximum atomic E-state index is 12.4. The van der Waals surface area contributed by atoms with E-state index < -0.39 is 29.8 Å². The molecule has 0 spiro atoms. The molecule has 0 atom stereocenters. The fourth-order valence-corrected chi connectivity index (χ4v) is 3.39. The highest BCUT2D eigenvalue weighted by atomic mass is 16.5. The van der Waals surface area contributed by atoms with Crippen molar-refractivity contribution in [1.29, 1.82) is 5.26 Å². The van der Waals surface area contributed by atoms with Crippen LogP contribution in [0.3, 0.4) is 0 Å². The zero-order chi connectivity index (χ0) is 19.5. The van der Waals surface area contributed by atoms with Crippen LogP contribution >= 0.6 is 0 Å². The second-order valence-corrected chi connectivity index (χ2v) is 6.73. The lowest BCUT2D eigenvalue weighted by molar-refractivity contribution is -0.150. The van der Waals surface area contributed by atoms with Gasteiger partial charge in [-0.3, -0.25) is 14.3 Å². The van der Waals surface area contributed by atoms with E-state index in [0.717, 1.165) is 19.3 Å². The molecular formula is C18H24N4O4. The first-order valence-electron chi connectivity index (χ1n) is 8.63. The van der Waals surface area contributed by atoms with Crippen LogP contribution in [0.2, 0.25) is 0 Å². The van der Waals surface area contributed by atoms with Gasteiger partial charge in [0.1, 0.15) is 5.54 Å². The van der Waals surface area contributed by atoms with E-state index in [1.807, 2.05) is 0 Å². The summed E-state index contributed by atoms with van der Waals surface area (Å²) in [5.41, 5.74) is 0.320. The molecular weight excluding hydrogens is 336 g/mol. The second-order valence-electron chi connectivity index (χ2n) is 6.73.